The molecule has 0 fully saturated rings. The summed E-state index contributed by atoms with van der Waals surface area (Å²) in [6.07, 6.45) is 1.60. The van der Waals surface area contributed by atoms with Crippen molar-refractivity contribution in [1.82, 2.24) is 0 Å². The van der Waals surface area contributed by atoms with Crippen molar-refractivity contribution in [2.75, 3.05) is 0 Å². The van der Waals surface area contributed by atoms with E-state index in [1.807, 2.05) is 25.1 Å². The number of hydrogen-bond donors (Lipinski definition) is 0. The van der Waals surface area contributed by atoms with Gasteiger partial charge in [-0.05, 0) is 18.6 Å². The first-order valence-electron chi connectivity index (χ1n) is 3.50. The molecule has 0 aliphatic rings. The van der Waals surface area contributed by atoms with Crippen LogP contribution >= 0.6 is 11.6 Å². The third kappa shape index (κ3) is 1.92. The molecule has 0 atom stereocenters. The third-order valence-corrected chi connectivity index (χ3v) is 1.87. The lowest BCUT2D eigenvalue weighted by Crippen LogP contribution is -1.87. The molecule has 0 N–H and O–H groups in total. The molecular formula is C9H9ClN2. The lowest BCUT2D eigenvalue weighted by Gasteiger charge is -1.99. The van der Waals surface area contributed by atoms with Gasteiger partial charge in [-0.1, -0.05) is 23.7 Å². The number of hydrogen-bond acceptors (Lipinski definition) is 2. The van der Waals surface area contributed by atoms with E-state index in [-0.39, 0.29) is 0 Å². The number of aryl methyl sites for hydroxylation is 1. The van der Waals surface area contributed by atoms with Crippen molar-refractivity contribution >= 4 is 24.5 Å². The zero-order valence-electron chi connectivity index (χ0n) is 6.79. The summed E-state index contributed by atoms with van der Waals surface area (Å²) in [6.45, 7) is 5.21. The first-order valence-corrected chi connectivity index (χ1v) is 3.87. The highest BCUT2D eigenvalue weighted by molar-refractivity contribution is 6.33. The zero-order chi connectivity index (χ0) is 8.97. The highest BCUT2D eigenvalue weighted by Crippen LogP contribution is 2.16. The molecule has 0 saturated carbocycles. The van der Waals surface area contributed by atoms with Crippen molar-refractivity contribution in [3.05, 3.63) is 34.3 Å². The number of nitrogens with zero attached hydrogens (tertiary/aromatic N) is 2. The van der Waals surface area contributed by atoms with E-state index < -0.39 is 0 Å². The Hall–Kier alpha value is -1.15. The third-order valence-electron chi connectivity index (χ3n) is 1.54. The Kier molecular flexibility index (Phi) is 3.00. The highest BCUT2D eigenvalue weighted by atomic mass is 35.5. The average Bonchev–Trinajstić information content (AvgIpc) is 2.04. The van der Waals surface area contributed by atoms with Crippen LogP contribution in [0.25, 0.3) is 0 Å². The summed E-state index contributed by atoms with van der Waals surface area (Å²) in [5.41, 5.74) is 1.97. The van der Waals surface area contributed by atoms with E-state index in [0.717, 1.165) is 11.1 Å². The van der Waals surface area contributed by atoms with E-state index in [4.69, 9.17) is 11.6 Å². The van der Waals surface area contributed by atoms with Crippen molar-refractivity contribution < 1.29 is 0 Å². The molecule has 2 nitrogen and oxygen atoms in total. The normalized spacial score (nSPS) is 10.5. The predicted octanol–water partition coefficient (Wildman–Crippen LogP) is 2.68. The molecule has 0 unspecified atom stereocenters. The van der Waals surface area contributed by atoms with Gasteiger partial charge in [0.2, 0.25) is 0 Å². The minimum atomic E-state index is 0.683. The summed E-state index contributed by atoms with van der Waals surface area (Å²) in [7, 11) is 0. The van der Waals surface area contributed by atoms with E-state index in [2.05, 4.69) is 16.9 Å². The summed E-state index contributed by atoms with van der Waals surface area (Å²) in [5.74, 6) is 0. The zero-order valence-corrected chi connectivity index (χ0v) is 7.54. The number of rotatable bonds is 2. The van der Waals surface area contributed by atoms with Crippen LogP contribution in [0.1, 0.15) is 11.1 Å². The Morgan fingerprint density at radius 2 is 2.25 bits per heavy atom. The topological polar surface area (TPSA) is 24.7 Å². The van der Waals surface area contributed by atoms with Gasteiger partial charge in [-0.15, -0.1) is 0 Å². The summed E-state index contributed by atoms with van der Waals surface area (Å²) in [4.78, 5) is 0. The molecule has 0 bridgehead atoms. The quantitative estimate of drug-likeness (QED) is 0.494. The van der Waals surface area contributed by atoms with Crippen LogP contribution in [0.15, 0.2) is 28.4 Å². The van der Waals surface area contributed by atoms with Crippen LogP contribution in [-0.2, 0) is 0 Å². The molecule has 1 rings (SSSR count). The lowest BCUT2D eigenvalue weighted by molar-refractivity contribution is 1.27. The monoisotopic (exact) mass is 180 g/mol. The molecule has 1 aromatic rings. The minimum absolute atomic E-state index is 0.683. The maximum atomic E-state index is 5.91. The van der Waals surface area contributed by atoms with Gasteiger partial charge in [0.25, 0.3) is 0 Å². The van der Waals surface area contributed by atoms with Gasteiger partial charge in [-0.25, -0.2) is 0 Å². The van der Waals surface area contributed by atoms with E-state index in [1.165, 1.54) is 0 Å². The van der Waals surface area contributed by atoms with Crippen LogP contribution in [0.5, 0.6) is 0 Å². The lowest BCUT2D eigenvalue weighted by atomic mass is 10.1. The predicted molar refractivity (Wildman–Crippen MR) is 53.3 cm³/mol. The second-order valence-corrected chi connectivity index (χ2v) is 2.76. The SMILES string of the molecule is C=NN=Cc1c(C)cccc1Cl. The first kappa shape index (κ1) is 8.94. The molecular weight excluding hydrogens is 172 g/mol. The van der Waals surface area contributed by atoms with Gasteiger partial charge in [0, 0.05) is 17.3 Å². The van der Waals surface area contributed by atoms with Crippen LogP contribution in [0, 0.1) is 6.92 Å². The average molecular weight is 181 g/mol. The van der Waals surface area contributed by atoms with Gasteiger partial charge in [-0.3, -0.25) is 0 Å². The van der Waals surface area contributed by atoms with Gasteiger partial charge in [-0.2, -0.15) is 10.2 Å². The Morgan fingerprint density at radius 1 is 1.50 bits per heavy atom. The standard InChI is InChI=1S/C9H9ClN2/c1-7-4-3-5-9(10)8(7)6-12-11-2/h3-6H,2H2,1H3. The summed E-state index contributed by atoms with van der Waals surface area (Å²) in [6, 6.07) is 5.69. The molecule has 0 spiro atoms. The fraction of sp³-hybridized carbons (Fsp3) is 0.111. The maximum absolute atomic E-state index is 5.91. The Balaban J connectivity index is 3.12. The second kappa shape index (κ2) is 4.02. The van der Waals surface area contributed by atoms with Crippen molar-refractivity contribution in [1.29, 1.82) is 0 Å². The van der Waals surface area contributed by atoms with E-state index in [9.17, 15) is 0 Å². The largest absolute Gasteiger partial charge is 0.167 e. The van der Waals surface area contributed by atoms with Crippen molar-refractivity contribution in [2.45, 2.75) is 6.92 Å². The molecule has 0 amide bonds. The summed E-state index contributed by atoms with van der Waals surface area (Å²) < 4.78 is 0. The van der Waals surface area contributed by atoms with Crippen LogP contribution in [0.2, 0.25) is 5.02 Å². The van der Waals surface area contributed by atoms with Crippen molar-refractivity contribution in [3.63, 3.8) is 0 Å². The van der Waals surface area contributed by atoms with Gasteiger partial charge in [0.15, 0.2) is 0 Å². The van der Waals surface area contributed by atoms with Crippen LogP contribution in [0.3, 0.4) is 0 Å². The fourth-order valence-corrected chi connectivity index (χ4v) is 1.18. The molecule has 0 heterocycles. The van der Waals surface area contributed by atoms with E-state index in [1.54, 1.807) is 6.21 Å². The van der Waals surface area contributed by atoms with Crippen LogP contribution in [-0.4, -0.2) is 12.9 Å². The molecule has 0 saturated heterocycles. The maximum Gasteiger partial charge on any atom is 0.0585 e. The Bertz CT molecular complexity index is 298. The molecule has 1 aromatic carbocycles. The first-order chi connectivity index (χ1) is 5.75. The van der Waals surface area contributed by atoms with Gasteiger partial charge in [0.1, 0.15) is 0 Å². The fourth-order valence-electron chi connectivity index (χ4n) is 0.907. The van der Waals surface area contributed by atoms with Gasteiger partial charge >= 0.3 is 0 Å². The highest BCUT2D eigenvalue weighted by Gasteiger charge is 1.98. The van der Waals surface area contributed by atoms with Gasteiger partial charge in [0.05, 0.1) is 6.21 Å². The smallest absolute Gasteiger partial charge is 0.0585 e. The van der Waals surface area contributed by atoms with Gasteiger partial charge < -0.3 is 0 Å². The molecule has 3 heteroatoms. The van der Waals surface area contributed by atoms with E-state index >= 15 is 0 Å². The summed E-state index contributed by atoms with van der Waals surface area (Å²) >= 11 is 5.91. The van der Waals surface area contributed by atoms with Crippen LogP contribution in [0.4, 0.5) is 0 Å². The number of halogens is 1. The second-order valence-electron chi connectivity index (χ2n) is 2.36. The van der Waals surface area contributed by atoms with Crippen molar-refractivity contribution in [2.24, 2.45) is 10.2 Å². The molecule has 62 valence electrons. The number of benzene rings is 1. The molecule has 0 aromatic heterocycles. The molecule has 12 heavy (non-hydrogen) atoms. The minimum Gasteiger partial charge on any atom is -0.167 e. The van der Waals surface area contributed by atoms with E-state index in [0.29, 0.717) is 5.02 Å². The Labute approximate surface area is 76.6 Å². The Morgan fingerprint density at radius 3 is 2.83 bits per heavy atom. The molecule has 0 aliphatic heterocycles. The summed E-state index contributed by atoms with van der Waals surface area (Å²) in [5, 5.41) is 7.72. The van der Waals surface area contributed by atoms with Crippen LogP contribution < -0.4 is 0 Å². The van der Waals surface area contributed by atoms with Crippen molar-refractivity contribution in [3.8, 4) is 0 Å². The molecule has 0 radical (unpaired) electrons. The molecule has 0 aliphatic carbocycles.